The third kappa shape index (κ3) is 3.12. The molecule has 1 aliphatic heterocycles. The van der Waals surface area contributed by atoms with Crippen LogP contribution >= 0.6 is 0 Å². The van der Waals surface area contributed by atoms with Crippen LogP contribution in [0.1, 0.15) is 71.6 Å². The van der Waals surface area contributed by atoms with Crippen LogP contribution in [-0.4, -0.2) is 43.1 Å². The predicted octanol–water partition coefficient (Wildman–Crippen LogP) is 3.06. The van der Waals surface area contributed by atoms with Crippen molar-refractivity contribution in [3.05, 3.63) is 0 Å². The van der Waals surface area contributed by atoms with Crippen LogP contribution in [0.2, 0.25) is 0 Å². The number of nitrogens with one attached hydrogen (secondary N) is 2. The van der Waals surface area contributed by atoms with Crippen LogP contribution in [0, 0.1) is 34.5 Å². The normalized spacial score (nSPS) is 49.3. The number of Topliss-reactive ketones (excluding diaryl/α,β-unsaturated/α-hetero) is 1. The number of oxime groups is 1. The summed E-state index contributed by atoms with van der Waals surface area (Å²) < 4.78 is 0. The molecule has 2 N–H and O–H groups in total. The Kier molecular flexibility index (Phi) is 5.19. The second-order valence-corrected chi connectivity index (χ2v) is 11.1. The Hall–Kier alpha value is -1.43. The van der Waals surface area contributed by atoms with Crippen molar-refractivity contribution in [1.82, 2.24) is 10.6 Å². The van der Waals surface area contributed by atoms with Crippen molar-refractivity contribution < 1.29 is 14.4 Å². The summed E-state index contributed by atoms with van der Waals surface area (Å²) in [5.41, 5.74) is 1.30. The van der Waals surface area contributed by atoms with Gasteiger partial charge in [-0.3, -0.25) is 9.59 Å². The van der Waals surface area contributed by atoms with Gasteiger partial charge in [-0.25, -0.2) is 0 Å². The highest BCUT2D eigenvalue weighted by Gasteiger charge is 2.62. The summed E-state index contributed by atoms with van der Waals surface area (Å²) in [5.74, 6) is 2.42. The zero-order valence-corrected chi connectivity index (χ0v) is 18.5. The van der Waals surface area contributed by atoms with Crippen molar-refractivity contribution in [3.8, 4) is 0 Å². The lowest BCUT2D eigenvalue weighted by molar-refractivity contribution is -0.141. The summed E-state index contributed by atoms with van der Waals surface area (Å²) in [6, 6.07) is 0.181. The number of hydrogen-bond acceptors (Lipinski definition) is 5. The monoisotopic (exact) mass is 415 g/mol. The van der Waals surface area contributed by atoms with Gasteiger partial charge in [0.25, 0.3) is 0 Å². The molecule has 0 radical (unpaired) electrons. The highest BCUT2D eigenvalue weighted by atomic mass is 16.6. The Morgan fingerprint density at radius 1 is 1.17 bits per heavy atom. The van der Waals surface area contributed by atoms with E-state index in [0.717, 1.165) is 77.3 Å². The summed E-state index contributed by atoms with van der Waals surface area (Å²) in [5, 5.41) is 11.1. The van der Waals surface area contributed by atoms with Gasteiger partial charge in [-0.1, -0.05) is 19.0 Å². The molecule has 166 valence electrons. The summed E-state index contributed by atoms with van der Waals surface area (Å²) in [6.07, 6.45) is 10.1. The molecule has 0 aromatic carbocycles. The van der Waals surface area contributed by atoms with E-state index in [1.54, 1.807) is 0 Å². The minimum absolute atomic E-state index is 0.169. The quantitative estimate of drug-likeness (QED) is 0.546. The van der Waals surface area contributed by atoms with E-state index in [4.69, 9.17) is 4.84 Å². The van der Waals surface area contributed by atoms with Crippen molar-refractivity contribution in [2.45, 2.75) is 83.8 Å². The van der Waals surface area contributed by atoms with Gasteiger partial charge >= 0.3 is 0 Å². The molecule has 30 heavy (non-hydrogen) atoms. The Balaban J connectivity index is 1.38. The van der Waals surface area contributed by atoms with Crippen LogP contribution in [0.15, 0.2) is 5.16 Å². The fourth-order valence-corrected chi connectivity index (χ4v) is 8.06. The molecule has 4 aliphatic carbocycles. The van der Waals surface area contributed by atoms with Gasteiger partial charge in [0, 0.05) is 30.8 Å². The number of amides is 1. The van der Waals surface area contributed by atoms with Gasteiger partial charge in [-0.15, -0.1) is 0 Å². The molecule has 0 aromatic heterocycles. The molecule has 0 aromatic rings. The van der Waals surface area contributed by atoms with Gasteiger partial charge in [0.05, 0.1) is 5.71 Å². The van der Waals surface area contributed by atoms with Crippen molar-refractivity contribution in [1.29, 1.82) is 0 Å². The van der Waals surface area contributed by atoms with E-state index in [1.165, 1.54) is 5.71 Å². The van der Waals surface area contributed by atoms with Crippen LogP contribution < -0.4 is 10.6 Å². The molecule has 0 bridgehead atoms. The van der Waals surface area contributed by atoms with Crippen LogP contribution in [0.4, 0.5) is 0 Å². The first-order valence-electron chi connectivity index (χ1n) is 12.1. The van der Waals surface area contributed by atoms with Crippen LogP contribution in [0.5, 0.6) is 0 Å². The Bertz CT molecular complexity index is 733. The molecule has 0 spiro atoms. The van der Waals surface area contributed by atoms with E-state index >= 15 is 0 Å². The number of carbonyl (C=O) groups is 2. The molecule has 6 heteroatoms. The van der Waals surface area contributed by atoms with E-state index in [-0.39, 0.29) is 23.0 Å². The molecule has 1 saturated heterocycles. The SMILES string of the molecule is C[C@]12CC/C(=N\O[C@@H]3CCNC3)CC1C[C@@H](NC=O)[C@@H]1[C@@H]2CC[C@]2(C)C(=O)CC[C@@H]12. The second kappa shape index (κ2) is 7.61. The van der Waals surface area contributed by atoms with Gasteiger partial charge in [0.1, 0.15) is 11.9 Å². The average molecular weight is 416 g/mol. The highest BCUT2D eigenvalue weighted by Crippen LogP contribution is 2.65. The van der Waals surface area contributed by atoms with Gasteiger partial charge < -0.3 is 15.5 Å². The van der Waals surface area contributed by atoms with Crippen molar-refractivity contribution >= 4 is 17.9 Å². The first-order valence-corrected chi connectivity index (χ1v) is 12.1. The van der Waals surface area contributed by atoms with Gasteiger partial charge in [-0.2, -0.15) is 0 Å². The van der Waals surface area contributed by atoms with Crippen molar-refractivity contribution in [3.63, 3.8) is 0 Å². The maximum Gasteiger partial charge on any atom is 0.207 e. The molecule has 1 unspecified atom stereocenters. The lowest BCUT2D eigenvalue weighted by Gasteiger charge is -2.61. The van der Waals surface area contributed by atoms with Crippen LogP contribution in [0.25, 0.3) is 0 Å². The number of nitrogens with zero attached hydrogens (tertiary/aromatic N) is 1. The van der Waals surface area contributed by atoms with E-state index < -0.39 is 0 Å². The van der Waals surface area contributed by atoms with Gasteiger partial charge in [-0.05, 0) is 80.6 Å². The number of hydrogen-bond donors (Lipinski definition) is 2. The minimum atomic E-state index is -0.169. The van der Waals surface area contributed by atoms with Crippen LogP contribution in [0.3, 0.4) is 0 Å². The molecule has 1 amide bonds. The first kappa shape index (κ1) is 20.5. The third-order valence-corrected chi connectivity index (χ3v) is 9.89. The largest absolute Gasteiger partial charge is 0.391 e. The molecular weight excluding hydrogens is 378 g/mol. The van der Waals surface area contributed by atoms with Gasteiger partial charge in [0.2, 0.25) is 6.41 Å². The Morgan fingerprint density at radius 3 is 2.80 bits per heavy atom. The van der Waals surface area contributed by atoms with Gasteiger partial charge in [0.15, 0.2) is 0 Å². The zero-order chi connectivity index (χ0) is 20.9. The number of fused-ring (bicyclic) bond motifs is 5. The zero-order valence-electron chi connectivity index (χ0n) is 18.5. The van der Waals surface area contributed by atoms with E-state index in [2.05, 4.69) is 29.6 Å². The molecule has 8 atom stereocenters. The summed E-state index contributed by atoms with van der Waals surface area (Å²) in [4.78, 5) is 30.1. The third-order valence-electron chi connectivity index (χ3n) is 9.89. The second-order valence-electron chi connectivity index (χ2n) is 11.1. The van der Waals surface area contributed by atoms with Crippen molar-refractivity contribution in [2.24, 2.45) is 39.7 Å². The fraction of sp³-hybridized carbons (Fsp3) is 0.875. The maximum atomic E-state index is 12.7. The Morgan fingerprint density at radius 2 is 2.03 bits per heavy atom. The topological polar surface area (TPSA) is 79.8 Å². The maximum absolute atomic E-state index is 12.7. The molecular formula is C24H37N3O3. The smallest absolute Gasteiger partial charge is 0.207 e. The fourth-order valence-electron chi connectivity index (χ4n) is 8.06. The van der Waals surface area contributed by atoms with E-state index in [0.29, 0.717) is 29.5 Å². The highest BCUT2D eigenvalue weighted by molar-refractivity contribution is 5.87. The van der Waals surface area contributed by atoms with Crippen molar-refractivity contribution in [2.75, 3.05) is 13.1 Å². The van der Waals surface area contributed by atoms with E-state index in [1.807, 2.05) is 0 Å². The minimum Gasteiger partial charge on any atom is -0.391 e. The molecule has 5 rings (SSSR count). The number of carbonyl (C=O) groups excluding carboxylic acids is 2. The average Bonchev–Trinajstić information content (AvgIpc) is 3.35. The number of ketones is 1. The lowest BCUT2D eigenvalue weighted by atomic mass is 9.44. The molecule has 6 nitrogen and oxygen atoms in total. The van der Waals surface area contributed by atoms with Crippen LogP contribution in [-0.2, 0) is 14.4 Å². The summed E-state index contributed by atoms with van der Waals surface area (Å²) in [6.45, 7) is 6.60. The Labute approximate surface area is 179 Å². The molecule has 4 saturated carbocycles. The molecule has 5 fully saturated rings. The predicted molar refractivity (Wildman–Crippen MR) is 115 cm³/mol. The first-order chi connectivity index (χ1) is 14.5. The molecule has 1 heterocycles. The summed E-state index contributed by atoms with van der Waals surface area (Å²) in [7, 11) is 0. The number of rotatable bonds is 4. The summed E-state index contributed by atoms with van der Waals surface area (Å²) >= 11 is 0. The lowest BCUT2D eigenvalue weighted by Crippen LogP contribution is -2.61. The van der Waals surface area contributed by atoms with E-state index in [9.17, 15) is 9.59 Å². The standard InChI is InChI=1S/C24H37N3O3/c1-23-8-5-16(27-30-17-7-10-25-13-17)11-15(23)12-20(26-14-28)22-18-3-4-21(29)24(18,2)9-6-19(22)23/h14-15,17-20,22,25H,3-13H2,1-2H3,(H,26,28)/b27-16+/t15?,17-,18+,19+,20-,22+,23+,24+/m1/s1. The molecule has 5 aliphatic rings.